The molecule has 0 bridgehead atoms. The zero-order chi connectivity index (χ0) is 14.9. The van der Waals surface area contributed by atoms with Crippen LogP contribution >= 0.6 is 0 Å². The number of hydrogen-bond donors (Lipinski definition) is 2. The Labute approximate surface area is 112 Å². The molecular weight excluding hydrogens is 278 g/mol. The first kappa shape index (κ1) is 14.6. The van der Waals surface area contributed by atoms with Gasteiger partial charge in [-0.1, -0.05) is 0 Å². The Morgan fingerprint density at radius 3 is 2.50 bits per heavy atom. The van der Waals surface area contributed by atoms with Gasteiger partial charge in [0.05, 0.1) is 17.2 Å². The van der Waals surface area contributed by atoms with E-state index < -0.39 is 29.4 Å². The minimum atomic E-state index is -4.58. The van der Waals surface area contributed by atoms with Crippen LogP contribution in [0.2, 0.25) is 0 Å². The fourth-order valence-electron chi connectivity index (χ4n) is 2.37. The standard InChI is InChI=1S/C13H13F4NO2/c14-10-6-8(13(15,16)17)2-4-11(10)18-9-3-1-7(5-9)12(19)20/h2,4,6-7,9,18H,1,3,5H2,(H,19,20). The summed E-state index contributed by atoms with van der Waals surface area (Å²) in [4.78, 5) is 10.8. The molecule has 0 spiro atoms. The van der Waals surface area contributed by atoms with Gasteiger partial charge in [0, 0.05) is 6.04 Å². The van der Waals surface area contributed by atoms with Crippen molar-refractivity contribution < 1.29 is 27.5 Å². The summed E-state index contributed by atoms with van der Waals surface area (Å²) in [6.45, 7) is 0. The Kier molecular flexibility index (Phi) is 3.87. The SMILES string of the molecule is O=C(O)C1CCC(Nc2ccc(C(F)(F)F)cc2F)C1. The molecule has 1 aliphatic carbocycles. The summed E-state index contributed by atoms with van der Waals surface area (Å²) < 4.78 is 50.8. The van der Waals surface area contributed by atoms with E-state index in [0.717, 1.165) is 12.1 Å². The van der Waals surface area contributed by atoms with Crippen molar-refractivity contribution >= 4 is 11.7 Å². The maximum Gasteiger partial charge on any atom is 0.416 e. The van der Waals surface area contributed by atoms with Gasteiger partial charge in [0.1, 0.15) is 5.82 Å². The predicted molar refractivity (Wildman–Crippen MR) is 63.8 cm³/mol. The van der Waals surface area contributed by atoms with Gasteiger partial charge in [-0.15, -0.1) is 0 Å². The number of nitrogens with one attached hydrogen (secondary N) is 1. The molecule has 7 heteroatoms. The number of alkyl halides is 3. The van der Waals surface area contributed by atoms with Crippen LogP contribution < -0.4 is 5.32 Å². The Bertz CT molecular complexity index is 516. The Balaban J connectivity index is 2.06. The zero-order valence-electron chi connectivity index (χ0n) is 10.4. The monoisotopic (exact) mass is 291 g/mol. The van der Waals surface area contributed by atoms with Crippen LogP contribution in [-0.4, -0.2) is 17.1 Å². The molecular formula is C13H13F4NO2. The normalized spacial score (nSPS) is 22.8. The number of hydrogen-bond acceptors (Lipinski definition) is 2. The number of carbonyl (C=O) groups is 1. The number of carboxylic acids is 1. The molecule has 110 valence electrons. The molecule has 1 aliphatic rings. The number of carboxylic acid groups (broad SMARTS) is 1. The maximum atomic E-state index is 13.6. The highest BCUT2D eigenvalue weighted by Crippen LogP contribution is 2.33. The Morgan fingerprint density at radius 1 is 1.30 bits per heavy atom. The number of rotatable bonds is 3. The molecule has 1 fully saturated rings. The number of anilines is 1. The van der Waals surface area contributed by atoms with Gasteiger partial charge >= 0.3 is 12.1 Å². The summed E-state index contributed by atoms with van der Waals surface area (Å²) in [5.74, 6) is -2.37. The lowest BCUT2D eigenvalue weighted by molar-refractivity contribution is -0.141. The lowest BCUT2D eigenvalue weighted by Crippen LogP contribution is -2.19. The molecule has 2 N–H and O–H groups in total. The Morgan fingerprint density at radius 2 is 2.00 bits per heavy atom. The van der Waals surface area contributed by atoms with Gasteiger partial charge in [-0.3, -0.25) is 4.79 Å². The average molecular weight is 291 g/mol. The predicted octanol–water partition coefficient (Wildman–Crippen LogP) is 3.51. The minimum Gasteiger partial charge on any atom is -0.481 e. The van der Waals surface area contributed by atoms with E-state index in [1.807, 2.05) is 0 Å². The molecule has 0 heterocycles. The van der Waals surface area contributed by atoms with E-state index in [1.54, 1.807) is 0 Å². The van der Waals surface area contributed by atoms with Crippen molar-refractivity contribution in [3.8, 4) is 0 Å². The molecule has 3 nitrogen and oxygen atoms in total. The van der Waals surface area contributed by atoms with E-state index in [1.165, 1.54) is 0 Å². The lowest BCUT2D eigenvalue weighted by atomic mass is 10.1. The third-order valence-corrected chi connectivity index (χ3v) is 3.44. The lowest BCUT2D eigenvalue weighted by Gasteiger charge is -2.15. The third kappa shape index (κ3) is 3.20. The molecule has 1 aromatic carbocycles. The van der Waals surface area contributed by atoms with Crippen molar-refractivity contribution in [1.29, 1.82) is 0 Å². The summed E-state index contributed by atoms with van der Waals surface area (Å²) >= 11 is 0. The summed E-state index contributed by atoms with van der Waals surface area (Å²) in [5, 5.41) is 11.6. The van der Waals surface area contributed by atoms with E-state index in [2.05, 4.69) is 5.32 Å². The van der Waals surface area contributed by atoms with Crippen LogP contribution in [0.25, 0.3) is 0 Å². The van der Waals surface area contributed by atoms with E-state index in [9.17, 15) is 22.4 Å². The van der Waals surface area contributed by atoms with Gasteiger partial charge < -0.3 is 10.4 Å². The molecule has 0 amide bonds. The largest absolute Gasteiger partial charge is 0.481 e. The van der Waals surface area contributed by atoms with Crippen molar-refractivity contribution in [3.05, 3.63) is 29.6 Å². The average Bonchev–Trinajstić information content (AvgIpc) is 2.79. The highest BCUT2D eigenvalue weighted by molar-refractivity contribution is 5.70. The first-order valence-electron chi connectivity index (χ1n) is 6.13. The molecule has 0 radical (unpaired) electrons. The van der Waals surface area contributed by atoms with Crippen LogP contribution in [0.5, 0.6) is 0 Å². The van der Waals surface area contributed by atoms with Crippen LogP contribution in [0.1, 0.15) is 24.8 Å². The maximum absolute atomic E-state index is 13.6. The van der Waals surface area contributed by atoms with Crippen LogP contribution in [0, 0.1) is 11.7 Å². The summed E-state index contributed by atoms with van der Waals surface area (Å²) in [7, 11) is 0. The first-order valence-corrected chi connectivity index (χ1v) is 6.13. The van der Waals surface area contributed by atoms with Crippen LogP contribution in [-0.2, 0) is 11.0 Å². The second-order valence-corrected chi connectivity index (χ2v) is 4.88. The topological polar surface area (TPSA) is 49.3 Å². The Hall–Kier alpha value is -1.79. The number of halogens is 4. The van der Waals surface area contributed by atoms with Gasteiger partial charge in [0.25, 0.3) is 0 Å². The fraction of sp³-hybridized carbons (Fsp3) is 0.462. The van der Waals surface area contributed by atoms with Gasteiger partial charge in [-0.25, -0.2) is 4.39 Å². The van der Waals surface area contributed by atoms with E-state index >= 15 is 0 Å². The smallest absolute Gasteiger partial charge is 0.416 e. The van der Waals surface area contributed by atoms with Crippen LogP contribution in [0.4, 0.5) is 23.2 Å². The fourth-order valence-corrected chi connectivity index (χ4v) is 2.37. The van der Waals surface area contributed by atoms with Crippen molar-refractivity contribution in [3.63, 3.8) is 0 Å². The van der Waals surface area contributed by atoms with Gasteiger partial charge in [0.2, 0.25) is 0 Å². The minimum absolute atomic E-state index is 0.0333. The molecule has 0 aliphatic heterocycles. The number of aliphatic carboxylic acids is 1. The highest BCUT2D eigenvalue weighted by atomic mass is 19.4. The van der Waals surface area contributed by atoms with Crippen LogP contribution in [0.15, 0.2) is 18.2 Å². The molecule has 0 saturated heterocycles. The molecule has 0 aromatic heterocycles. The highest BCUT2D eigenvalue weighted by Gasteiger charge is 2.32. The molecule has 20 heavy (non-hydrogen) atoms. The summed E-state index contributed by atoms with van der Waals surface area (Å²) in [6, 6.07) is 2.04. The molecule has 1 aromatic rings. The van der Waals surface area contributed by atoms with Gasteiger partial charge in [-0.05, 0) is 37.5 Å². The van der Waals surface area contributed by atoms with Gasteiger partial charge in [0.15, 0.2) is 0 Å². The molecule has 1 saturated carbocycles. The van der Waals surface area contributed by atoms with E-state index in [0.29, 0.717) is 25.3 Å². The van der Waals surface area contributed by atoms with Gasteiger partial charge in [-0.2, -0.15) is 13.2 Å². The molecule has 2 rings (SSSR count). The molecule has 2 atom stereocenters. The van der Waals surface area contributed by atoms with E-state index in [4.69, 9.17) is 5.11 Å². The second kappa shape index (κ2) is 5.30. The van der Waals surface area contributed by atoms with Crippen molar-refractivity contribution in [1.82, 2.24) is 0 Å². The van der Waals surface area contributed by atoms with Crippen molar-refractivity contribution in [2.24, 2.45) is 5.92 Å². The summed E-state index contributed by atoms with van der Waals surface area (Å²) in [6.07, 6.45) is -3.20. The zero-order valence-corrected chi connectivity index (χ0v) is 10.4. The van der Waals surface area contributed by atoms with Crippen molar-refractivity contribution in [2.45, 2.75) is 31.5 Å². The first-order chi connectivity index (χ1) is 9.27. The third-order valence-electron chi connectivity index (χ3n) is 3.44. The van der Waals surface area contributed by atoms with Crippen molar-refractivity contribution in [2.75, 3.05) is 5.32 Å². The summed E-state index contributed by atoms with van der Waals surface area (Å²) in [5.41, 5.74) is -1.08. The molecule has 2 unspecified atom stereocenters. The quantitative estimate of drug-likeness (QED) is 0.838. The second-order valence-electron chi connectivity index (χ2n) is 4.88. The van der Waals surface area contributed by atoms with Crippen LogP contribution in [0.3, 0.4) is 0 Å². The van der Waals surface area contributed by atoms with E-state index in [-0.39, 0.29) is 11.7 Å². The number of benzene rings is 1.